The van der Waals surface area contributed by atoms with Gasteiger partial charge in [-0.1, -0.05) is 25.1 Å². The van der Waals surface area contributed by atoms with Gasteiger partial charge in [0, 0.05) is 17.8 Å². The van der Waals surface area contributed by atoms with Crippen LogP contribution in [0.4, 0.5) is 5.82 Å². The van der Waals surface area contributed by atoms with Gasteiger partial charge in [0.15, 0.2) is 5.82 Å². The predicted molar refractivity (Wildman–Crippen MR) is 126 cm³/mol. The molecule has 2 aromatic carbocycles. The van der Waals surface area contributed by atoms with Crippen LogP contribution in [0.25, 0.3) is 5.69 Å². The molecule has 0 atom stereocenters. The minimum Gasteiger partial charge on any atom is -0.497 e. The van der Waals surface area contributed by atoms with Crippen LogP contribution in [0.3, 0.4) is 0 Å². The van der Waals surface area contributed by atoms with Gasteiger partial charge in [0.05, 0.1) is 37.4 Å². The molecule has 2 heterocycles. The van der Waals surface area contributed by atoms with E-state index < -0.39 is 0 Å². The summed E-state index contributed by atoms with van der Waals surface area (Å²) in [4.78, 5) is 12.9. The zero-order valence-electron chi connectivity index (χ0n) is 19.0. The van der Waals surface area contributed by atoms with Gasteiger partial charge in [-0.25, -0.2) is 4.68 Å². The van der Waals surface area contributed by atoms with Crippen LogP contribution >= 0.6 is 0 Å². The number of carbonyl (C=O) groups excluding carboxylic acids is 1. The molecule has 0 fully saturated rings. The number of hydrogen-bond donors (Lipinski definition) is 2. The predicted octanol–water partition coefficient (Wildman–Crippen LogP) is 4.21. The summed E-state index contributed by atoms with van der Waals surface area (Å²) in [6.45, 7) is 2.01. The topological polar surface area (TPSA) is 94.1 Å². The first-order chi connectivity index (χ1) is 16.1. The molecule has 0 radical (unpaired) electrons. The van der Waals surface area contributed by atoms with Gasteiger partial charge in [0.1, 0.15) is 11.5 Å². The van der Waals surface area contributed by atoms with E-state index in [1.54, 1.807) is 25.1 Å². The second-order valence-electron chi connectivity index (χ2n) is 7.56. The molecule has 0 aliphatic carbocycles. The maximum absolute atomic E-state index is 12.9. The Balaban J connectivity index is 1.43. The number of nitrogens with zero attached hydrogens (tertiary/aromatic N) is 3. The molecular weight excluding hydrogens is 418 g/mol. The highest BCUT2D eigenvalue weighted by Crippen LogP contribution is 2.24. The van der Waals surface area contributed by atoms with Crippen molar-refractivity contribution in [2.75, 3.05) is 19.5 Å². The van der Waals surface area contributed by atoms with Crippen molar-refractivity contribution in [2.24, 2.45) is 0 Å². The van der Waals surface area contributed by atoms with Crippen LogP contribution in [0.15, 0.2) is 60.8 Å². The van der Waals surface area contributed by atoms with Crippen molar-refractivity contribution in [3.8, 4) is 17.2 Å². The van der Waals surface area contributed by atoms with Gasteiger partial charge in [-0.2, -0.15) is 10.2 Å². The summed E-state index contributed by atoms with van der Waals surface area (Å²) >= 11 is 0. The Morgan fingerprint density at radius 3 is 2.42 bits per heavy atom. The lowest BCUT2D eigenvalue weighted by molar-refractivity contribution is 0.102. The summed E-state index contributed by atoms with van der Waals surface area (Å²) in [5.74, 6) is 1.76. The largest absolute Gasteiger partial charge is 0.497 e. The number of amides is 1. The lowest BCUT2D eigenvalue weighted by Crippen LogP contribution is -2.14. The van der Waals surface area contributed by atoms with E-state index in [1.165, 1.54) is 0 Å². The maximum atomic E-state index is 12.9. The molecule has 8 nitrogen and oxygen atoms in total. The molecule has 1 amide bonds. The van der Waals surface area contributed by atoms with Crippen molar-refractivity contribution < 1.29 is 14.3 Å². The summed E-state index contributed by atoms with van der Waals surface area (Å²) in [5, 5.41) is 14.6. The Morgan fingerprint density at radius 2 is 1.76 bits per heavy atom. The van der Waals surface area contributed by atoms with E-state index in [-0.39, 0.29) is 5.91 Å². The molecule has 0 saturated heterocycles. The zero-order valence-corrected chi connectivity index (χ0v) is 19.0. The van der Waals surface area contributed by atoms with Crippen molar-refractivity contribution in [3.05, 3.63) is 83.3 Å². The van der Waals surface area contributed by atoms with Crippen LogP contribution < -0.4 is 14.8 Å². The summed E-state index contributed by atoms with van der Waals surface area (Å²) in [5.41, 5.74) is 4.32. The number of H-pyrrole nitrogens is 1. The van der Waals surface area contributed by atoms with Crippen molar-refractivity contribution in [1.82, 2.24) is 20.0 Å². The number of benzene rings is 2. The van der Waals surface area contributed by atoms with Gasteiger partial charge in [-0.3, -0.25) is 9.89 Å². The molecule has 8 heteroatoms. The van der Waals surface area contributed by atoms with Crippen LogP contribution in [0.2, 0.25) is 0 Å². The number of aromatic amines is 1. The van der Waals surface area contributed by atoms with Gasteiger partial charge in [-0.15, -0.1) is 0 Å². The number of carbonyl (C=O) groups is 1. The Kier molecular flexibility index (Phi) is 6.73. The second-order valence-corrected chi connectivity index (χ2v) is 7.56. The first kappa shape index (κ1) is 22.1. The minimum absolute atomic E-state index is 0.232. The van der Waals surface area contributed by atoms with Gasteiger partial charge >= 0.3 is 0 Å². The highest BCUT2D eigenvalue weighted by molar-refractivity contribution is 6.04. The lowest BCUT2D eigenvalue weighted by Gasteiger charge is -2.08. The first-order valence-electron chi connectivity index (χ1n) is 10.8. The van der Waals surface area contributed by atoms with E-state index in [2.05, 4.69) is 20.6 Å². The molecule has 0 unspecified atom stereocenters. The minimum atomic E-state index is -0.232. The molecule has 0 aliphatic heterocycles. The average molecular weight is 446 g/mol. The summed E-state index contributed by atoms with van der Waals surface area (Å²) < 4.78 is 12.5. The molecule has 4 aromatic rings. The van der Waals surface area contributed by atoms with Crippen molar-refractivity contribution in [3.63, 3.8) is 0 Å². The quantitative estimate of drug-likeness (QED) is 0.402. The molecule has 170 valence electrons. The number of rotatable bonds is 9. The van der Waals surface area contributed by atoms with Gasteiger partial charge in [0.25, 0.3) is 5.91 Å². The van der Waals surface area contributed by atoms with Crippen molar-refractivity contribution in [1.29, 1.82) is 0 Å². The van der Waals surface area contributed by atoms with E-state index in [0.29, 0.717) is 17.8 Å². The van der Waals surface area contributed by atoms with E-state index in [0.717, 1.165) is 47.0 Å². The van der Waals surface area contributed by atoms with Gasteiger partial charge in [0.2, 0.25) is 0 Å². The SMILES string of the molecule is CCc1c(C(=O)Nc2cc(CCc3cc(OC)cc(OC)c3)[nH]n2)cnn1-c1ccccc1. The average Bonchev–Trinajstić information content (AvgIpc) is 3.49. The molecule has 0 bridgehead atoms. The van der Waals surface area contributed by atoms with Crippen LogP contribution in [-0.2, 0) is 19.3 Å². The van der Waals surface area contributed by atoms with Gasteiger partial charge in [-0.05, 0) is 49.1 Å². The number of ether oxygens (including phenoxy) is 2. The van der Waals surface area contributed by atoms with Crippen molar-refractivity contribution in [2.45, 2.75) is 26.2 Å². The fourth-order valence-electron chi connectivity index (χ4n) is 3.72. The fraction of sp³-hybridized carbons (Fsp3) is 0.240. The number of para-hydroxylation sites is 1. The molecular formula is C25H27N5O3. The van der Waals surface area contributed by atoms with Gasteiger partial charge < -0.3 is 14.8 Å². The van der Waals surface area contributed by atoms with E-state index in [9.17, 15) is 4.79 Å². The molecule has 33 heavy (non-hydrogen) atoms. The number of aromatic nitrogens is 4. The van der Waals surface area contributed by atoms with E-state index >= 15 is 0 Å². The third kappa shape index (κ3) is 5.06. The lowest BCUT2D eigenvalue weighted by atomic mass is 10.1. The van der Waals surface area contributed by atoms with Crippen LogP contribution in [-0.4, -0.2) is 40.1 Å². The molecule has 0 saturated carbocycles. The molecule has 0 spiro atoms. The third-order valence-corrected chi connectivity index (χ3v) is 5.42. The Bertz CT molecular complexity index is 1210. The first-order valence-corrected chi connectivity index (χ1v) is 10.8. The fourth-order valence-corrected chi connectivity index (χ4v) is 3.72. The second kappa shape index (κ2) is 10.0. The Hall–Kier alpha value is -4.07. The van der Waals surface area contributed by atoms with E-state index in [4.69, 9.17) is 9.47 Å². The number of methoxy groups -OCH3 is 2. The van der Waals surface area contributed by atoms with Crippen LogP contribution in [0.1, 0.15) is 34.2 Å². The summed E-state index contributed by atoms with van der Waals surface area (Å²) in [7, 11) is 3.27. The number of anilines is 1. The van der Waals surface area contributed by atoms with Crippen LogP contribution in [0.5, 0.6) is 11.5 Å². The highest BCUT2D eigenvalue weighted by atomic mass is 16.5. The van der Waals surface area contributed by atoms with Crippen LogP contribution in [0, 0.1) is 0 Å². The third-order valence-electron chi connectivity index (χ3n) is 5.42. The number of nitrogens with one attached hydrogen (secondary N) is 2. The Labute approximate surface area is 192 Å². The summed E-state index contributed by atoms with van der Waals surface area (Å²) in [6, 6.07) is 17.4. The number of aryl methyl sites for hydroxylation is 2. The normalized spacial score (nSPS) is 10.8. The smallest absolute Gasteiger partial charge is 0.260 e. The zero-order chi connectivity index (χ0) is 23.2. The standard InChI is InChI=1S/C25H27N5O3/c1-4-23-22(16-26-30(23)19-8-6-5-7-9-19)25(31)27-24-14-18(28-29-24)11-10-17-12-20(32-2)15-21(13-17)33-3/h5-9,12-16H,4,10-11H2,1-3H3,(H2,27,28,29,31). The molecule has 2 N–H and O–H groups in total. The summed E-state index contributed by atoms with van der Waals surface area (Å²) in [6.07, 6.45) is 3.77. The molecule has 4 rings (SSSR count). The number of hydrogen-bond acceptors (Lipinski definition) is 5. The molecule has 0 aliphatic rings. The van der Waals surface area contributed by atoms with Crippen molar-refractivity contribution >= 4 is 11.7 Å². The molecule has 2 aromatic heterocycles. The maximum Gasteiger partial charge on any atom is 0.260 e. The van der Waals surface area contributed by atoms with E-state index in [1.807, 2.05) is 61.5 Å². The Morgan fingerprint density at radius 1 is 1.03 bits per heavy atom. The monoisotopic (exact) mass is 445 g/mol. The highest BCUT2D eigenvalue weighted by Gasteiger charge is 2.18.